The van der Waals surface area contributed by atoms with Crippen LogP contribution < -0.4 is 14.2 Å². The molecule has 7 heteroatoms. The van der Waals surface area contributed by atoms with E-state index < -0.39 is 0 Å². The zero-order valence-corrected chi connectivity index (χ0v) is 19.7. The molecule has 0 aliphatic carbocycles. The van der Waals surface area contributed by atoms with Gasteiger partial charge in [0, 0.05) is 12.1 Å². The van der Waals surface area contributed by atoms with Crippen molar-refractivity contribution in [1.29, 1.82) is 0 Å². The standard InChI is InChI=1S/C27H31NO6/c1-31-24-20-13-17-33-25(20)27(32-2)26(34-18-16-28-14-7-3-4-8-15-28)23(24)22(30)12-11-19-9-5-6-10-21(19)29/h5-6,9-13,17,29H,3-4,7-8,14-16,18H2,1-2H3/b12-11-. The number of benzene rings is 2. The number of hydrogen-bond donors (Lipinski definition) is 1. The molecule has 2 heterocycles. The molecule has 1 aliphatic rings. The van der Waals surface area contributed by atoms with E-state index in [1.807, 2.05) is 0 Å². The maximum absolute atomic E-state index is 13.4. The Balaban J connectivity index is 1.69. The fourth-order valence-electron chi connectivity index (χ4n) is 4.39. The SMILES string of the molecule is COc1c(C(=O)/C=C\c2ccccc2O)c(OCCN2CCCCCC2)c(OC)c2occc12. The zero-order valence-electron chi connectivity index (χ0n) is 19.7. The fourth-order valence-corrected chi connectivity index (χ4v) is 4.39. The first-order valence-corrected chi connectivity index (χ1v) is 11.6. The maximum atomic E-state index is 13.4. The Morgan fingerprint density at radius 3 is 2.47 bits per heavy atom. The number of nitrogens with zero attached hydrogens (tertiary/aromatic N) is 1. The van der Waals surface area contributed by atoms with Gasteiger partial charge in [0.05, 0.1) is 25.9 Å². The normalized spacial score (nSPS) is 14.9. The summed E-state index contributed by atoms with van der Waals surface area (Å²) in [6.45, 7) is 3.25. The summed E-state index contributed by atoms with van der Waals surface area (Å²) in [6, 6.07) is 8.56. The van der Waals surface area contributed by atoms with E-state index in [1.54, 1.807) is 36.4 Å². The first kappa shape index (κ1) is 23.7. The number of para-hydroxylation sites is 1. The largest absolute Gasteiger partial charge is 0.507 e. The van der Waals surface area contributed by atoms with E-state index in [-0.39, 0.29) is 17.1 Å². The molecular weight excluding hydrogens is 434 g/mol. The Bertz CT molecular complexity index is 1160. The van der Waals surface area contributed by atoms with Gasteiger partial charge in [-0.1, -0.05) is 31.0 Å². The lowest BCUT2D eigenvalue weighted by Crippen LogP contribution is -2.29. The molecule has 2 aromatic carbocycles. The van der Waals surface area contributed by atoms with Crippen molar-refractivity contribution in [3.05, 3.63) is 53.8 Å². The second-order valence-electron chi connectivity index (χ2n) is 8.29. The summed E-state index contributed by atoms with van der Waals surface area (Å²) in [5.41, 5.74) is 1.26. The zero-order chi connectivity index (χ0) is 23.9. The topological polar surface area (TPSA) is 81.4 Å². The lowest BCUT2D eigenvalue weighted by Gasteiger charge is -2.22. The van der Waals surface area contributed by atoms with Crippen LogP contribution in [0.1, 0.15) is 41.6 Å². The van der Waals surface area contributed by atoms with Gasteiger partial charge >= 0.3 is 0 Å². The Morgan fingerprint density at radius 1 is 1.03 bits per heavy atom. The third-order valence-electron chi connectivity index (χ3n) is 6.13. The number of phenolic OH excluding ortho intramolecular Hbond substituents is 1. The maximum Gasteiger partial charge on any atom is 0.205 e. The highest BCUT2D eigenvalue weighted by molar-refractivity contribution is 6.15. The lowest BCUT2D eigenvalue weighted by molar-refractivity contribution is 0.103. The number of aromatic hydroxyl groups is 1. The van der Waals surface area contributed by atoms with Crippen molar-refractivity contribution in [2.75, 3.05) is 40.5 Å². The number of carbonyl (C=O) groups excluding carboxylic acids is 1. The number of ketones is 1. The minimum Gasteiger partial charge on any atom is -0.507 e. The van der Waals surface area contributed by atoms with Crippen molar-refractivity contribution in [3.8, 4) is 23.0 Å². The van der Waals surface area contributed by atoms with Crippen LogP contribution in [0, 0.1) is 0 Å². The van der Waals surface area contributed by atoms with Gasteiger partial charge in [0.1, 0.15) is 23.7 Å². The van der Waals surface area contributed by atoms with Crippen molar-refractivity contribution < 1.29 is 28.5 Å². The Labute approximate surface area is 199 Å². The molecule has 1 aromatic heterocycles. The quantitative estimate of drug-likeness (QED) is 0.339. The summed E-state index contributed by atoms with van der Waals surface area (Å²) in [5, 5.41) is 10.7. The van der Waals surface area contributed by atoms with E-state index >= 15 is 0 Å². The predicted octanol–water partition coefficient (Wildman–Crippen LogP) is 5.31. The van der Waals surface area contributed by atoms with Gasteiger partial charge in [0.25, 0.3) is 0 Å². The van der Waals surface area contributed by atoms with Gasteiger partial charge in [0.15, 0.2) is 17.1 Å². The van der Waals surface area contributed by atoms with Crippen LogP contribution in [0.15, 0.2) is 47.1 Å². The molecule has 34 heavy (non-hydrogen) atoms. The molecule has 1 N–H and O–H groups in total. The average Bonchev–Trinajstić information content (AvgIpc) is 3.18. The van der Waals surface area contributed by atoms with Crippen LogP contribution in [-0.2, 0) is 0 Å². The molecule has 0 saturated carbocycles. The van der Waals surface area contributed by atoms with Crippen molar-refractivity contribution in [2.45, 2.75) is 25.7 Å². The molecule has 0 atom stereocenters. The highest BCUT2D eigenvalue weighted by atomic mass is 16.5. The first-order chi connectivity index (χ1) is 16.6. The molecule has 180 valence electrons. The summed E-state index contributed by atoms with van der Waals surface area (Å²) >= 11 is 0. The average molecular weight is 466 g/mol. The minimum atomic E-state index is -0.328. The van der Waals surface area contributed by atoms with Gasteiger partial charge in [-0.25, -0.2) is 0 Å². The molecule has 3 aromatic rings. The molecule has 0 amide bonds. The molecular formula is C27H31NO6. The summed E-state index contributed by atoms with van der Waals surface area (Å²) < 4.78 is 23.2. The third kappa shape index (κ3) is 5.04. The molecule has 0 spiro atoms. The second-order valence-corrected chi connectivity index (χ2v) is 8.29. The van der Waals surface area contributed by atoms with E-state index in [0.29, 0.717) is 40.4 Å². The number of ether oxygens (including phenoxy) is 3. The van der Waals surface area contributed by atoms with Crippen LogP contribution >= 0.6 is 0 Å². The van der Waals surface area contributed by atoms with E-state index in [2.05, 4.69) is 4.90 Å². The number of carbonyl (C=O) groups is 1. The van der Waals surface area contributed by atoms with E-state index in [4.69, 9.17) is 18.6 Å². The Hall–Kier alpha value is -3.45. The van der Waals surface area contributed by atoms with Crippen molar-refractivity contribution in [3.63, 3.8) is 0 Å². The molecule has 4 rings (SSSR count). The van der Waals surface area contributed by atoms with Gasteiger partial charge in [-0.05, 0) is 50.2 Å². The van der Waals surface area contributed by atoms with Crippen LogP contribution in [0.25, 0.3) is 17.0 Å². The minimum absolute atomic E-state index is 0.0929. The first-order valence-electron chi connectivity index (χ1n) is 11.6. The van der Waals surface area contributed by atoms with Crippen molar-refractivity contribution >= 4 is 22.8 Å². The second kappa shape index (κ2) is 11.1. The number of methoxy groups -OCH3 is 2. The van der Waals surface area contributed by atoms with E-state index in [9.17, 15) is 9.90 Å². The molecule has 1 saturated heterocycles. The van der Waals surface area contributed by atoms with Crippen molar-refractivity contribution in [2.24, 2.45) is 0 Å². The van der Waals surface area contributed by atoms with Gasteiger partial charge in [-0.15, -0.1) is 0 Å². The smallest absolute Gasteiger partial charge is 0.205 e. The van der Waals surface area contributed by atoms with Crippen LogP contribution in [0.3, 0.4) is 0 Å². The summed E-state index contributed by atoms with van der Waals surface area (Å²) in [4.78, 5) is 15.8. The Kier molecular flexibility index (Phi) is 7.75. The van der Waals surface area contributed by atoms with Gasteiger partial charge < -0.3 is 23.7 Å². The molecule has 1 fully saturated rings. The third-order valence-corrected chi connectivity index (χ3v) is 6.13. The summed E-state index contributed by atoms with van der Waals surface area (Å²) in [7, 11) is 3.04. The molecule has 0 unspecified atom stereocenters. The number of rotatable bonds is 9. The molecule has 0 bridgehead atoms. The lowest BCUT2D eigenvalue weighted by atomic mass is 10.0. The summed E-state index contributed by atoms with van der Waals surface area (Å²) in [6.07, 6.45) is 9.42. The van der Waals surface area contributed by atoms with E-state index in [0.717, 1.165) is 19.6 Å². The van der Waals surface area contributed by atoms with Crippen molar-refractivity contribution in [1.82, 2.24) is 4.90 Å². The number of likely N-dealkylation sites (tertiary alicyclic amines) is 1. The molecule has 1 aliphatic heterocycles. The highest BCUT2D eigenvalue weighted by Crippen LogP contribution is 2.46. The molecule has 7 nitrogen and oxygen atoms in total. The number of furan rings is 1. The van der Waals surface area contributed by atoms with Crippen LogP contribution in [-0.4, -0.2) is 56.3 Å². The predicted molar refractivity (Wildman–Crippen MR) is 131 cm³/mol. The number of allylic oxidation sites excluding steroid dienone is 1. The number of phenols is 1. The number of fused-ring (bicyclic) bond motifs is 1. The monoisotopic (exact) mass is 465 g/mol. The van der Waals surface area contributed by atoms with Gasteiger partial charge in [0.2, 0.25) is 5.75 Å². The van der Waals surface area contributed by atoms with Gasteiger partial charge in [-0.2, -0.15) is 0 Å². The number of hydrogen-bond acceptors (Lipinski definition) is 7. The molecule has 0 radical (unpaired) electrons. The summed E-state index contributed by atoms with van der Waals surface area (Å²) in [5.74, 6) is 0.780. The van der Waals surface area contributed by atoms with Gasteiger partial charge in [-0.3, -0.25) is 9.69 Å². The fraction of sp³-hybridized carbons (Fsp3) is 0.370. The highest BCUT2D eigenvalue weighted by Gasteiger charge is 2.28. The van der Waals surface area contributed by atoms with E-state index in [1.165, 1.54) is 52.2 Å². The van der Waals surface area contributed by atoms with Crippen LogP contribution in [0.2, 0.25) is 0 Å². The van der Waals surface area contributed by atoms with Crippen LogP contribution in [0.5, 0.6) is 23.0 Å². The van der Waals surface area contributed by atoms with Crippen LogP contribution in [0.4, 0.5) is 0 Å². The Morgan fingerprint density at radius 2 is 1.76 bits per heavy atom.